The Hall–Kier alpha value is -2.19. The Kier molecular flexibility index (Phi) is 5.96. The van der Waals surface area contributed by atoms with Gasteiger partial charge in [-0.25, -0.2) is 18.7 Å². The van der Waals surface area contributed by atoms with Gasteiger partial charge in [-0.1, -0.05) is 26.0 Å². The van der Waals surface area contributed by atoms with Gasteiger partial charge in [-0.05, 0) is 30.5 Å². The van der Waals surface area contributed by atoms with Crippen molar-refractivity contribution in [2.75, 3.05) is 0 Å². The van der Waals surface area contributed by atoms with E-state index in [1.54, 1.807) is 32.2 Å². The molecule has 8 heteroatoms. The van der Waals surface area contributed by atoms with Gasteiger partial charge in [0.2, 0.25) is 0 Å². The highest BCUT2D eigenvalue weighted by Crippen LogP contribution is 2.38. The average molecular weight is 408 g/mol. The molecule has 1 atom stereocenters. The van der Waals surface area contributed by atoms with Crippen molar-refractivity contribution in [1.82, 2.24) is 15.3 Å². The van der Waals surface area contributed by atoms with Gasteiger partial charge in [-0.15, -0.1) is 22.7 Å². The minimum absolute atomic E-state index is 0.0890. The van der Waals surface area contributed by atoms with Crippen molar-refractivity contribution in [2.24, 2.45) is 5.92 Å². The van der Waals surface area contributed by atoms with Crippen LogP contribution in [0.1, 0.15) is 45.8 Å². The van der Waals surface area contributed by atoms with Crippen LogP contribution in [0.25, 0.3) is 10.0 Å². The summed E-state index contributed by atoms with van der Waals surface area (Å²) < 4.78 is 27.7. The molecular weight excluding hydrogens is 388 g/mol. The average Bonchev–Trinajstić information content (AvgIpc) is 3.26. The Morgan fingerprint density at radius 3 is 2.48 bits per heavy atom. The Balaban J connectivity index is 1.86. The number of rotatable bonds is 6. The van der Waals surface area contributed by atoms with Crippen LogP contribution in [-0.4, -0.2) is 15.9 Å². The Labute approximate surface area is 164 Å². The lowest BCUT2D eigenvalue weighted by Crippen LogP contribution is -2.24. The predicted molar refractivity (Wildman–Crippen MR) is 104 cm³/mol. The van der Waals surface area contributed by atoms with E-state index in [4.69, 9.17) is 0 Å². The summed E-state index contributed by atoms with van der Waals surface area (Å²) >= 11 is 2.62. The minimum Gasteiger partial charge on any atom is -0.347 e. The number of amides is 1. The molecule has 4 nitrogen and oxygen atoms in total. The first kappa shape index (κ1) is 19.6. The van der Waals surface area contributed by atoms with E-state index in [2.05, 4.69) is 15.3 Å². The lowest BCUT2D eigenvalue weighted by atomic mass is 10.1. The van der Waals surface area contributed by atoms with Crippen molar-refractivity contribution in [3.63, 3.8) is 0 Å². The molecule has 0 bridgehead atoms. The van der Waals surface area contributed by atoms with Crippen LogP contribution in [0.15, 0.2) is 30.5 Å². The van der Waals surface area contributed by atoms with Gasteiger partial charge in [0.1, 0.15) is 17.7 Å². The SMILES string of the molecule is Cc1cnc(-c2nc(C(=O)NCc3ccc(F)cc3)c(C(F)C(C)C)s2)s1. The third-order valence-electron chi connectivity index (χ3n) is 3.87. The Morgan fingerprint density at radius 2 is 1.89 bits per heavy atom. The molecule has 0 spiro atoms. The van der Waals surface area contributed by atoms with Crippen LogP contribution in [-0.2, 0) is 6.54 Å². The first-order valence-electron chi connectivity index (χ1n) is 8.45. The number of hydrogen-bond donors (Lipinski definition) is 1. The van der Waals surface area contributed by atoms with E-state index in [0.717, 1.165) is 10.4 Å². The zero-order chi connectivity index (χ0) is 19.6. The Morgan fingerprint density at radius 1 is 1.19 bits per heavy atom. The number of nitrogens with one attached hydrogen (secondary N) is 1. The second-order valence-electron chi connectivity index (χ2n) is 6.46. The van der Waals surface area contributed by atoms with E-state index in [1.807, 2.05) is 6.92 Å². The fraction of sp³-hybridized carbons (Fsp3) is 0.316. The number of benzene rings is 1. The summed E-state index contributed by atoms with van der Waals surface area (Å²) in [5.74, 6) is -1.07. The van der Waals surface area contributed by atoms with Crippen LogP contribution < -0.4 is 5.32 Å². The molecule has 3 rings (SSSR count). The monoisotopic (exact) mass is 407 g/mol. The first-order chi connectivity index (χ1) is 12.8. The van der Waals surface area contributed by atoms with Crippen molar-refractivity contribution < 1.29 is 13.6 Å². The number of thiazole rings is 2. The van der Waals surface area contributed by atoms with E-state index >= 15 is 0 Å². The number of aromatic nitrogens is 2. The summed E-state index contributed by atoms with van der Waals surface area (Å²) in [6, 6.07) is 5.84. The third-order valence-corrected chi connectivity index (χ3v) is 6.04. The van der Waals surface area contributed by atoms with Crippen LogP contribution in [0.5, 0.6) is 0 Å². The van der Waals surface area contributed by atoms with E-state index in [-0.39, 0.29) is 24.0 Å². The fourth-order valence-electron chi connectivity index (χ4n) is 2.40. The summed E-state index contributed by atoms with van der Waals surface area (Å²) in [7, 11) is 0. The van der Waals surface area contributed by atoms with Crippen LogP contribution in [0, 0.1) is 18.7 Å². The molecule has 1 amide bonds. The molecule has 2 aromatic heterocycles. The van der Waals surface area contributed by atoms with Crippen molar-refractivity contribution in [2.45, 2.75) is 33.5 Å². The molecule has 1 aromatic carbocycles. The van der Waals surface area contributed by atoms with E-state index in [9.17, 15) is 13.6 Å². The molecule has 0 radical (unpaired) electrons. The number of aryl methyl sites for hydroxylation is 1. The second kappa shape index (κ2) is 8.22. The summed E-state index contributed by atoms with van der Waals surface area (Å²) in [5, 5.41) is 3.95. The van der Waals surface area contributed by atoms with E-state index < -0.39 is 12.1 Å². The quantitative estimate of drug-likeness (QED) is 0.602. The van der Waals surface area contributed by atoms with Crippen molar-refractivity contribution >= 4 is 28.6 Å². The molecule has 1 N–H and O–H groups in total. The number of alkyl halides is 1. The molecule has 2 heterocycles. The smallest absolute Gasteiger partial charge is 0.271 e. The largest absolute Gasteiger partial charge is 0.347 e. The number of hydrogen-bond acceptors (Lipinski definition) is 5. The third kappa shape index (κ3) is 4.56. The number of carbonyl (C=O) groups excluding carboxylic acids is 1. The van der Waals surface area contributed by atoms with Crippen molar-refractivity contribution in [3.05, 3.63) is 57.3 Å². The normalized spacial score (nSPS) is 12.4. The van der Waals surface area contributed by atoms with Crippen LogP contribution >= 0.6 is 22.7 Å². The zero-order valence-electron chi connectivity index (χ0n) is 15.1. The van der Waals surface area contributed by atoms with E-state index in [1.165, 1.54) is 34.8 Å². The zero-order valence-corrected chi connectivity index (χ0v) is 16.8. The summed E-state index contributed by atoms with van der Waals surface area (Å²) in [6.07, 6.45) is 0.439. The molecule has 0 aliphatic rings. The van der Waals surface area contributed by atoms with Crippen LogP contribution in [0.3, 0.4) is 0 Å². The number of nitrogens with zero attached hydrogens (tertiary/aromatic N) is 2. The highest BCUT2D eigenvalue weighted by Gasteiger charge is 2.27. The molecule has 142 valence electrons. The van der Waals surface area contributed by atoms with Gasteiger partial charge in [-0.3, -0.25) is 4.79 Å². The lowest BCUT2D eigenvalue weighted by Gasteiger charge is -2.11. The lowest BCUT2D eigenvalue weighted by molar-refractivity contribution is 0.0942. The maximum absolute atomic E-state index is 14.8. The van der Waals surface area contributed by atoms with Gasteiger partial charge in [0.05, 0.1) is 4.88 Å². The highest BCUT2D eigenvalue weighted by molar-refractivity contribution is 7.21. The molecule has 0 saturated heterocycles. The summed E-state index contributed by atoms with van der Waals surface area (Å²) in [4.78, 5) is 22.6. The second-order valence-corrected chi connectivity index (χ2v) is 8.73. The highest BCUT2D eigenvalue weighted by atomic mass is 32.1. The Bertz CT molecular complexity index is 935. The molecule has 1 unspecified atom stereocenters. The van der Waals surface area contributed by atoms with Crippen molar-refractivity contribution in [3.8, 4) is 10.0 Å². The molecule has 0 aliphatic heterocycles. The molecule has 0 fully saturated rings. The maximum atomic E-state index is 14.8. The fourth-order valence-corrected chi connectivity index (χ4v) is 4.40. The first-order valence-corrected chi connectivity index (χ1v) is 10.1. The van der Waals surface area contributed by atoms with Gasteiger partial charge in [0.25, 0.3) is 5.91 Å². The summed E-state index contributed by atoms with van der Waals surface area (Å²) in [6.45, 7) is 5.66. The number of halogens is 2. The number of carbonyl (C=O) groups is 1. The van der Waals surface area contributed by atoms with Crippen molar-refractivity contribution in [1.29, 1.82) is 0 Å². The maximum Gasteiger partial charge on any atom is 0.271 e. The molecular formula is C19H19F2N3OS2. The van der Waals surface area contributed by atoms with Gasteiger partial charge < -0.3 is 5.32 Å². The topological polar surface area (TPSA) is 54.9 Å². The minimum atomic E-state index is -1.29. The standard InChI is InChI=1S/C19H19F2N3OS2/c1-10(2)14(21)16-15(24-19(27-16)18-23-8-11(3)26-18)17(25)22-9-12-4-6-13(20)7-5-12/h4-8,10,14H,9H2,1-3H3,(H,22,25). The van der Waals surface area contributed by atoms with Gasteiger partial charge in [-0.2, -0.15) is 0 Å². The van der Waals surface area contributed by atoms with Gasteiger partial charge >= 0.3 is 0 Å². The van der Waals surface area contributed by atoms with Gasteiger partial charge in [0, 0.05) is 17.6 Å². The van der Waals surface area contributed by atoms with Crippen LogP contribution in [0.4, 0.5) is 8.78 Å². The molecule has 0 aliphatic carbocycles. The molecule has 3 aromatic rings. The predicted octanol–water partition coefficient (Wildman–Crippen LogP) is 5.31. The van der Waals surface area contributed by atoms with Crippen LogP contribution in [0.2, 0.25) is 0 Å². The summed E-state index contributed by atoms with van der Waals surface area (Å²) in [5.41, 5.74) is 0.837. The van der Waals surface area contributed by atoms with Gasteiger partial charge in [0.15, 0.2) is 10.0 Å². The van der Waals surface area contributed by atoms with E-state index in [0.29, 0.717) is 14.9 Å². The molecule has 27 heavy (non-hydrogen) atoms. The molecule has 0 saturated carbocycles.